The minimum absolute atomic E-state index is 0.0794. The first-order valence-electron chi connectivity index (χ1n) is 5.25. The molecule has 1 aliphatic rings. The second kappa shape index (κ2) is 4.44. The van der Waals surface area contributed by atoms with Gasteiger partial charge in [-0.05, 0) is 19.4 Å². The van der Waals surface area contributed by atoms with Gasteiger partial charge in [0.25, 0.3) is 5.91 Å². The van der Waals surface area contributed by atoms with Gasteiger partial charge in [-0.1, -0.05) is 0 Å². The Morgan fingerprint density at radius 1 is 1.73 bits per heavy atom. The molecule has 0 radical (unpaired) electrons. The molecule has 2 heterocycles. The lowest BCUT2D eigenvalue weighted by Crippen LogP contribution is -2.45. The highest BCUT2D eigenvalue weighted by molar-refractivity contribution is 5.92. The van der Waals surface area contributed by atoms with Gasteiger partial charge in [0.1, 0.15) is 5.69 Å². The molecular weight excluding hydrogens is 192 g/mol. The number of carbonyl (C=O) groups is 1. The molecular formula is C10H16N4O. The smallest absolute Gasteiger partial charge is 0.271 e. The van der Waals surface area contributed by atoms with Crippen LogP contribution >= 0.6 is 0 Å². The number of nitrogens with one attached hydrogen (secondary N) is 2. The zero-order chi connectivity index (χ0) is 10.7. The fraction of sp³-hybridized carbons (Fsp3) is 0.600. The standard InChI is InChI=1S/C10H16N4O/c1-14-6-9(12-7-14)10(15)13-8-3-2-4-11-5-8/h6-8,11H,2-5H2,1H3,(H,13,15)/t8-/m1/s1. The number of nitrogens with zero attached hydrogens (tertiary/aromatic N) is 2. The van der Waals surface area contributed by atoms with Gasteiger partial charge in [-0.2, -0.15) is 0 Å². The van der Waals surface area contributed by atoms with Crippen molar-refractivity contribution >= 4 is 5.91 Å². The molecule has 1 fully saturated rings. The molecule has 5 nitrogen and oxygen atoms in total. The normalized spacial score (nSPS) is 21.3. The van der Waals surface area contributed by atoms with Crippen LogP contribution in [0.15, 0.2) is 12.5 Å². The van der Waals surface area contributed by atoms with Crippen molar-refractivity contribution in [1.29, 1.82) is 0 Å². The molecule has 2 rings (SSSR count). The molecule has 1 aromatic heterocycles. The van der Waals surface area contributed by atoms with Crippen molar-refractivity contribution in [3.63, 3.8) is 0 Å². The van der Waals surface area contributed by atoms with Crippen LogP contribution in [0, 0.1) is 0 Å². The van der Waals surface area contributed by atoms with Gasteiger partial charge in [0.05, 0.1) is 6.33 Å². The minimum atomic E-state index is -0.0794. The summed E-state index contributed by atoms with van der Waals surface area (Å²) in [4.78, 5) is 15.7. The van der Waals surface area contributed by atoms with E-state index >= 15 is 0 Å². The van der Waals surface area contributed by atoms with Gasteiger partial charge in [-0.3, -0.25) is 4.79 Å². The lowest BCUT2D eigenvalue weighted by molar-refractivity contribution is 0.0926. The van der Waals surface area contributed by atoms with E-state index in [9.17, 15) is 4.79 Å². The highest BCUT2D eigenvalue weighted by atomic mass is 16.2. The summed E-state index contributed by atoms with van der Waals surface area (Å²) >= 11 is 0. The summed E-state index contributed by atoms with van der Waals surface area (Å²) in [6.45, 7) is 1.91. The average Bonchev–Trinajstić information content (AvgIpc) is 2.66. The Labute approximate surface area is 88.9 Å². The predicted molar refractivity (Wildman–Crippen MR) is 56.6 cm³/mol. The molecule has 1 amide bonds. The van der Waals surface area contributed by atoms with Crippen LogP contribution in [0.3, 0.4) is 0 Å². The lowest BCUT2D eigenvalue weighted by atomic mass is 10.1. The summed E-state index contributed by atoms with van der Waals surface area (Å²) in [5.74, 6) is -0.0794. The lowest BCUT2D eigenvalue weighted by Gasteiger charge is -2.23. The van der Waals surface area contributed by atoms with Gasteiger partial charge in [-0.15, -0.1) is 0 Å². The topological polar surface area (TPSA) is 59.0 Å². The zero-order valence-electron chi connectivity index (χ0n) is 8.86. The second-order valence-electron chi connectivity index (χ2n) is 3.94. The van der Waals surface area contributed by atoms with Crippen LogP contribution in [0.1, 0.15) is 23.3 Å². The molecule has 0 spiro atoms. The van der Waals surface area contributed by atoms with Crippen LogP contribution in [0.5, 0.6) is 0 Å². The van der Waals surface area contributed by atoms with E-state index in [1.54, 1.807) is 17.1 Å². The summed E-state index contributed by atoms with van der Waals surface area (Å²) in [5.41, 5.74) is 0.489. The highest BCUT2D eigenvalue weighted by Crippen LogP contribution is 2.02. The first-order chi connectivity index (χ1) is 7.25. The predicted octanol–water partition coefficient (Wildman–Crippen LogP) is -0.0981. The molecule has 0 unspecified atom stereocenters. The van der Waals surface area contributed by atoms with Crippen LogP contribution in [-0.4, -0.2) is 34.6 Å². The Morgan fingerprint density at radius 3 is 3.20 bits per heavy atom. The molecule has 0 aliphatic carbocycles. The SMILES string of the molecule is Cn1cnc(C(=O)N[C@@H]2CCCNC2)c1. The molecule has 0 bridgehead atoms. The van der Waals surface area contributed by atoms with E-state index in [4.69, 9.17) is 0 Å². The molecule has 0 saturated carbocycles. The number of amides is 1. The van der Waals surface area contributed by atoms with E-state index in [1.807, 2.05) is 7.05 Å². The largest absolute Gasteiger partial charge is 0.347 e. The van der Waals surface area contributed by atoms with Crippen LogP contribution in [0.4, 0.5) is 0 Å². The van der Waals surface area contributed by atoms with Crippen molar-refractivity contribution < 1.29 is 4.79 Å². The summed E-state index contributed by atoms with van der Waals surface area (Å²) in [6, 6.07) is 0.244. The first-order valence-corrected chi connectivity index (χ1v) is 5.25. The minimum Gasteiger partial charge on any atom is -0.347 e. The quantitative estimate of drug-likeness (QED) is 0.713. The van der Waals surface area contributed by atoms with Crippen LogP contribution in [0.2, 0.25) is 0 Å². The Morgan fingerprint density at radius 2 is 2.60 bits per heavy atom. The van der Waals surface area contributed by atoms with E-state index in [0.29, 0.717) is 5.69 Å². The number of imidazole rings is 1. The third-order valence-corrected chi connectivity index (χ3v) is 2.57. The highest BCUT2D eigenvalue weighted by Gasteiger charge is 2.17. The Kier molecular flexibility index (Phi) is 3.01. The molecule has 15 heavy (non-hydrogen) atoms. The van der Waals surface area contributed by atoms with Crippen molar-refractivity contribution in [3.05, 3.63) is 18.2 Å². The van der Waals surface area contributed by atoms with Crippen molar-refractivity contribution in [3.8, 4) is 0 Å². The second-order valence-corrected chi connectivity index (χ2v) is 3.94. The van der Waals surface area contributed by atoms with Crippen LogP contribution in [0.25, 0.3) is 0 Å². The summed E-state index contributed by atoms with van der Waals surface area (Å²) in [5, 5.41) is 6.23. The van der Waals surface area contributed by atoms with Gasteiger partial charge in [0.2, 0.25) is 0 Å². The molecule has 1 aliphatic heterocycles. The van der Waals surface area contributed by atoms with Gasteiger partial charge in [-0.25, -0.2) is 4.98 Å². The van der Waals surface area contributed by atoms with Gasteiger partial charge in [0, 0.05) is 25.8 Å². The Bertz CT molecular complexity index is 341. The number of carbonyl (C=O) groups excluding carboxylic acids is 1. The van der Waals surface area contributed by atoms with Gasteiger partial charge in [0.15, 0.2) is 0 Å². The van der Waals surface area contributed by atoms with E-state index in [2.05, 4.69) is 15.6 Å². The van der Waals surface area contributed by atoms with Crippen molar-refractivity contribution in [2.24, 2.45) is 7.05 Å². The van der Waals surface area contributed by atoms with E-state index in [-0.39, 0.29) is 11.9 Å². The van der Waals surface area contributed by atoms with Gasteiger partial charge >= 0.3 is 0 Å². The number of rotatable bonds is 2. The van der Waals surface area contributed by atoms with E-state index in [0.717, 1.165) is 25.9 Å². The van der Waals surface area contributed by atoms with Crippen molar-refractivity contribution in [2.45, 2.75) is 18.9 Å². The van der Waals surface area contributed by atoms with E-state index in [1.165, 1.54) is 0 Å². The molecule has 82 valence electrons. The van der Waals surface area contributed by atoms with Crippen molar-refractivity contribution in [2.75, 3.05) is 13.1 Å². The fourth-order valence-corrected chi connectivity index (χ4v) is 1.76. The number of hydrogen-bond acceptors (Lipinski definition) is 3. The Hall–Kier alpha value is -1.36. The average molecular weight is 208 g/mol. The molecule has 2 N–H and O–H groups in total. The molecule has 1 saturated heterocycles. The number of piperidine rings is 1. The monoisotopic (exact) mass is 208 g/mol. The summed E-state index contributed by atoms with van der Waals surface area (Å²) in [7, 11) is 1.85. The Balaban J connectivity index is 1.91. The van der Waals surface area contributed by atoms with Crippen LogP contribution < -0.4 is 10.6 Å². The maximum atomic E-state index is 11.7. The van der Waals surface area contributed by atoms with Crippen LogP contribution in [-0.2, 0) is 7.05 Å². The maximum Gasteiger partial charge on any atom is 0.271 e. The third-order valence-electron chi connectivity index (χ3n) is 2.57. The number of aryl methyl sites for hydroxylation is 1. The molecule has 1 atom stereocenters. The first kappa shape index (κ1) is 10.2. The molecule has 5 heteroatoms. The zero-order valence-corrected chi connectivity index (χ0v) is 8.86. The molecule has 1 aromatic rings. The summed E-state index contributed by atoms with van der Waals surface area (Å²) in [6.07, 6.45) is 5.53. The number of hydrogen-bond donors (Lipinski definition) is 2. The summed E-state index contributed by atoms with van der Waals surface area (Å²) < 4.78 is 1.77. The van der Waals surface area contributed by atoms with Gasteiger partial charge < -0.3 is 15.2 Å². The third kappa shape index (κ3) is 2.56. The fourth-order valence-electron chi connectivity index (χ4n) is 1.76. The molecule has 0 aromatic carbocycles. The maximum absolute atomic E-state index is 11.7. The van der Waals surface area contributed by atoms with Crippen molar-refractivity contribution in [1.82, 2.24) is 20.2 Å². The number of aromatic nitrogens is 2. The van der Waals surface area contributed by atoms with E-state index < -0.39 is 0 Å².